The van der Waals surface area contributed by atoms with Crippen molar-refractivity contribution in [3.8, 4) is 0 Å². The number of benzene rings is 1. The second kappa shape index (κ2) is 6.58. The lowest BCUT2D eigenvalue weighted by Crippen LogP contribution is -2.41. The third-order valence-electron chi connectivity index (χ3n) is 5.80. The Bertz CT molecular complexity index is 724. The molecule has 2 aliphatic rings. The molecule has 1 aliphatic carbocycles. The van der Waals surface area contributed by atoms with E-state index in [1.165, 1.54) is 31.0 Å². The number of rotatable bonds is 2. The number of hydrogen-bond acceptors (Lipinski definition) is 1. The number of aromatic nitrogens is 1. The fourth-order valence-electron chi connectivity index (χ4n) is 4.36. The van der Waals surface area contributed by atoms with Crippen molar-refractivity contribution in [3.05, 3.63) is 35.8 Å². The van der Waals surface area contributed by atoms with E-state index in [9.17, 15) is 9.18 Å². The quantitative estimate of drug-likeness (QED) is 0.860. The Morgan fingerprint density at radius 1 is 1.04 bits per heavy atom. The van der Waals surface area contributed by atoms with Crippen LogP contribution in [0.4, 0.5) is 4.39 Å². The van der Waals surface area contributed by atoms with Gasteiger partial charge in [0.15, 0.2) is 0 Å². The summed E-state index contributed by atoms with van der Waals surface area (Å²) in [6.07, 6.45) is 7.84. The first kappa shape index (κ1) is 15.7. The highest BCUT2D eigenvalue weighted by Gasteiger charge is 2.29. The standard InChI is InChI=1S/C20H25FN2O/c21-17-6-7-18-16(12-17)13-19(22-18)14-8-10-23(11-9-14)20(24)15-4-2-1-3-5-15/h6-7,12-15,22H,1-5,8-11H2. The summed E-state index contributed by atoms with van der Waals surface area (Å²) in [6.45, 7) is 1.70. The Hall–Kier alpha value is -1.84. The van der Waals surface area contributed by atoms with Crippen LogP contribution in [0.5, 0.6) is 0 Å². The van der Waals surface area contributed by atoms with Gasteiger partial charge in [-0.15, -0.1) is 0 Å². The summed E-state index contributed by atoms with van der Waals surface area (Å²) in [6, 6.07) is 6.95. The molecule has 1 aliphatic heterocycles. The molecule has 1 saturated heterocycles. The van der Waals surface area contributed by atoms with Crippen molar-refractivity contribution in [1.29, 1.82) is 0 Å². The molecular weight excluding hydrogens is 303 g/mol. The number of halogens is 1. The van der Waals surface area contributed by atoms with Crippen LogP contribution >= 0.6 is 0 Å². The summed E-state index contributed by atoms with van der Waals surface area (Å²) in [5.41, 5.74) is 2.17. The minimum atomic E-state index is -0.194. The molecular formula is C20H25FN2O. The van der Waals surface area contributed by atoms with Crippen LogP contribution in [0.15, 0.2) is 24.3 Å². The summed E-state index contributed by atoms with van der Waals surface area (Å²) >= 11 is 0. The fraction of sp³-hybridized carbons (Fsp3) is 0.550. The molecule has 4 rings (SSSR count). The summed E-state index contributed by atoms with van der Waals surface area (Å²) < 4.78 is 13.3. The van der Waals surface area contributed by atoms with E-state index in [2.05, 4.69) is 16.0 Å². The number of H-pyrrole nitrogens is 1. The number of aromatic amines is 1. The molecule has 0 atom stereocenters. The lowest BCUT2D eigenvalue weighted by Gasteiger charge is -2.35. The second-order valence-electron chi connectivity index (χ2n) is 7.39. The van der Waals surface area contributed by atoms with Gasteiger partial charge >= 0.3 is 0 Å². The van der Waals surface area contributed by atoms with Gasteiger partial charge in [-0.3, -0.25) is 4.79 Å². The van der Waals surface area contributed by atoms with Gasteiger partial charge in [-0.1, -0.05) is 19.3 Å². The van der Waals surface area contributed by atoms with E-state index < -0.39 is 0 Å². The molecule has 0 radical (unpaired) electrons. The van der Waals surface area contributed by atoms with E-state index in [-0.39, 0.29) is 11.7 Å². The van der Waals surface area contributed by atoms with Crippen LogP contribution in [0.2, 0.25) is 0 Å². The van der Waals surface area contributed by atoms with Crippen molar-refractivity contribution in [2.75, 3.05) is 13.1 Å². The Balaban J connectivity index is 1.40. The van der Waals surface area contributed by atoms with Gasteiger partial charge in [-0.05, 0) is 49.9 Å². The molecule has 0 bridgehead atoms. The van der Waals surface area contributed by atoms with Gasteiger partial charge in [-0.2, -0.15) is 0 Å². The molecule has 2 fully saturated rings. The van der Waals surface area contributed by atoms with Crippen LogP contribution in [-0.4, -0.2) is 28.9 Å². The molecule has 24 heavy (non-hydrogen) atoms. The maximum absolute atomic E-state index is 13.3. The van der Waals surface area contributed by atoms with Crippen molar-refractivity contribution >= 4 is 16.8 Å². The zero-order valence-electron chi connectivity index (χ0n) is 14.1. The first-order valence-corrected chi connectivity index (χ1v) is 9.27. The normalized spacial score (nSPS) is 20.6. The molecule has 0 unspecified atom stereocenters. The average molecular weight is 328 g/mol. The number of likely N-dealkylation sites (tertiary alicyclic amines) is 1. The van der Waals surface area contributed by atoms with Crippen LogP contribution in [0.25, 0.3) is 10.9 Å². The number of amides is 1. The van der Waals surface area contributed by atoms with Crippen molar-refractivity contribution in [3.63, 3.8) is 0 Å². The maximum atomic E-state index is 13.3. The van der Waals surface area contributed by atoms with E-state index in [4.69, 9.17) is 0 Å². The minimum Gasteiger partial charge on any atom is -0.358 e. The third kappa shape index (κ3) is 3.06. The molecule has 4 heteroatoms. The lowest BCUT2D eigenvalue weighted by atomic mass is 9.87. The van der Waals surface area contributed by atoms with Crippen LogP contribution in [0, 0.1) is 11.7 Å². The average Bonchev–Trinajstić information content (AvgIpc) is 3.05. The fourth-order valence-corrected chi connectivity index (χ4v) is 4.36. The van der Waals surface area contributed by atoms with E-state index in [0.717, 1.165) is 49.7 Å². The number of carbonyl (C=O) groups excluding carboxylic acids is 1. The van der Waals surface area contributed by atoms with E-state index in [1.54, 1.807) is 12.1 Å². The van der Waals surface area contributed by atoms with Crippen LogP contribution in [0.1, 0.15) is 56.6 Å². The Morgan fingerprint density at radius 3 is 2.54 bits per heavy atom. The summed E-state index contributed by atoms with van der Waals surface area (Å²) in [5.74, 6) is 0.898. The van der Waals surface area contributed by atoms with Crippen LogP contribution in [0.3, 0.4) is 0 Å². The monoisotopic (exact) mass is 328 g/mol. The van der Waals surface area contributed by atoms with Gasteiger partial charge in [0.05, 0.1) is 0 Å². The summed E-state index contributed by atoms with van der Waals surface area (Å²) in [4.78, 5) is 18.2. The number of fused-ring (bicyclic) bond motifs is 1. The van der Waals surface area contributed by atoms with Crippen molar-refractivity contribution in [1.82, 2.24) is 9.88 Å². The summed E-state index contributed by atoms with van der Waals surface area (Å²) in [5, 5.41) is 0.936. The molecule has 1 aromatic carbocycles. The van der Waals surface area contributed by atoms with E-state index in [1.807, 2.05) is 0 Å². The molecule has 1 aromatic heterocycles. The highest BCUT2D eigenvalue weighted by molar-refractivity contribution is 5.81. The molecule has 3 nitrogen and oxygen atoms in total. The molecule has 2 heterocycles. The number of carbonyl (C=O) groups is 1. The number of hydrogen-bond donors (Lipinski definition) is 1. The van der Waals surface area contributed by atoms with Crippen molar-refractivity contribution < 1.29 is 9.18 Å². The number of nitrogens with zero attached hydrogens (tertiary/aromatic N) is 1. The Labute approximate surface area is 142 Å². The minimum absolute atomic E-state index is 0.194. The Kier molecular flexibility index (Phi) is 4.30. The van der Waals surface area contributed by atoms with Gasteiger partial charge < -0.3 is 9.88 Å². The molecule has 0 spiro atoms. The van der Waals surface area contributed by atoms with Crippen molar-refractivity contribution in [2.45, 2.75) is 50.9 Å². The van der Waals surface area contributed by atoms with Crippen LogP contribution < -0.4 is 0 Å². The first-order valence-electron chi connectivity index (χ1n) is 9.27. The van der Waals surface area contributed by atoms with E-state index in [0.29, 0.717) is 11.8 Å². The Morgan fingerprint density at radius 2 is 1.79 bits per heavy atom. The largest absolute Gasteiger partial charge is 0.358 e. The van der Waals surface area contributed by atoms with E-state index >= 15 is 0 Å². The van der Waals surface area contributed by atoms with Crippen molar-refractivity contribution in [2.24, 2.45) is 5.92 Å². The van der Waals surface area contributed by atoms with Gasteiger partial charge in [0.25, 0.3) is 0 Å². The molecule has 1 N–H and O–H groups in total. The first-order chi connectivity index (χ1) is 11.7. The van der Waals surface area contributed by atoms with Gasteiger partial charge in [0.1, 0.15) is 5.82 Å². The smallest absolute Gasteiger partial charge is 0.225 e. The molecule has 128 valence electrons. The molecule has 1 saturated carbocycles. The highest BCUT2D eigenvalue weighted by Crippen LogP contribution is 2.32. The lowest BCUT2D eigenvalue weighted by molar-refractivity contribution is -0.137. The predicted molar refractivity (Wildman–Crippen MR) is 93.4 cm³/mol. The SMILES string of the molecule is O=C(C1CCCCC1)N1CCC(c2cc3cc(F)ccc3[nH]2)CC1. The summed E-state index contributed by atoms with van der Waals surface area (Å²) in [7, 11) is 0. The zero-order chi connectivity index (χ0) is 16.5. The zero-order valence-corrected chi connectivity index (χ0v) is 14.1. The maximum Gasteiger partial charge on any atom is 0.225 e. The van der Waals surface area contributed by atoms with Gasteiger partial charge in [-0.25, -0.2) is 4.39 Å². The topological polar surface area (TPSA) is 36.1 Å². The molecule has 2 aromatic rings. The van der Waals surface area contributed by atoms with Gasteiger partial charge in [0, 0.05) is 41.5 Å². The predicted octanol–water partition coefficient (Wildman–Crippen LogP) is 4.59. The number of nitrogens with one attached hydrogen (secondary N) is 1. The van der Waals surface area contributed by atoms with Crippen LogP contribution in [-0.2, 0) is 4.79 Å². The molecule has 1 amide bonds. The third-order valence-corrected chi connectivity index (χ3v) is 5.80. The number of piperidine rings is 1. The van der Waals surface area contributed by atoms with Gasteiger partial charge in [0.2, 0.25) is 5.91 Å². The highest BCUT2D eigenvalue weighted by atomic mass is 19.1. The second-order valence-corrected chi connectivity index (χ2v) is 7.39.